The molecule has 4 nitrogen and oxygen atoms in total. The number of hydrogen-bond acceptors (Lipinski definition) is 4. The molecule has 10 aromatic carbocycles. The van der Waals surface area contributed by atoms with Crippen LogP contribution in [0.15, 0.2) is 206 Å². The van der Waals surface area contributed by atoms with Crippen LogP contribution in [0.5, 0.6) is 0 Å². The monoisotopic (exact) mass is 818 g/mol. The van der Waals surface area contributed by atoms with Crippen LogP contribution in [0.25, 0.3) is 114 Å². The molecule has 13 aromatic rings. The maximum Gasteiger partial charge on any atom is 0.161 e. The Hall–Kier alpha value is -8.12. The highest BCUT2D eigenvalue weighted by Gasteiger charge is 2.29. The quantitative estimate of drug-likeness (QED) is 0.177. The number of anilines is 3. The van der Waals surface area contributed by atoms with E-state index in [9.17, 15) is 0 Å². The highest BCUT2D eigenvalue weighted by Crippen LogP contribution is 2.54. The van der Waals surface area contributed by atoms with Crippen molar-refractivity contribution in [2.45, 2.75) is 0 Å². The first kappa shape index (κ1) is 34.6. The van der Waals surface area contributed by atoms with E-state index in [2.05, 4.69) is 216 Å². The molecule has 0 amide bonds. The van der Waals surface area contributed by atoms with Gasteiger partial charge in [0.2, 0.25) is 0 Å². The predicted octanol–water partition coefficient (Wildman–Crippen LogP) is 16.2. The lowest BCUT2D eigenvalue weighted by atomic mass is 9.88. The van der Waals surface area contributed by atoms with Crippen LogP contribution in [0.4, 0.5) is 17.1 Å². The van der Waals surface area contributed by atoms with Gasteiger partial charge in [0.25, 0.3) is 0 Å². The van der Waals surface area contributed by atoms with Crippen molar-refractivity contribution < 1.29 is 0 Å². The molecular formula is C58H34N4S. The van der Waals surface area contributed by atoms with Gasteiger partial charge in [-0.05, 0) is 87.8 Å². The van der Waals surface area contributed by atoms with Crippen molar-refractivity contribution in [3.05, 3.63) is 206 Å². The van der Waals surface area contributed by atoms with Crippen molar-refractivity contribution in [3.63, 3.8) is 0 Å². The highest BCUT2D eigenvalue weighted by atomic mass is 32.1. The smallest absolute Gasteiger partial charge is 0.161 e. The van der Waals surface area contributed by atoms with Crippen LogP contribution in [0.2, 0.25) is 0 Å². The lowest BCUT2D eigenvalue weighted by molar-refractivity contribution is 1.18. The number of thiophene rings is 1. The molecule has 0 aliphatic carbocycles. The van der Waals surface area contributed by atoms with E-state index in [-0.39, 0.29) is 0 Å². The summed E-state index contributed by atoms with van der Waals surface area (Å²) >= 11 is 1.78. The Labute approximate surface area is 366 Å². The highest BCUT2D eigenvalue weighted by molar-refractivity contribution is 7.26. The summed E-state index contributed by atoms with van der Waals surface area (Å²) in [4.78, 5) is 13.7. The minimum atomic E-state index is 0.713. The second kappa shape index (κ2) is 13.2. The minimum absolute atomic E-state index is 0.713. The summed E-state index contributed by atoms with van der Waals surface area (Å²) in [5.41, 5.74) is 13.4. The van der Waals surface area contributed by atoms with E-state index in [1.807, 2.05) is 0 Å². The van der Waals surface area contributed by atoms with Crippen molar-refractivity contribution in [1.82, 2.24) is 14.5 Å². The summed E-state index contributed by atoms with van der Waals surface area (Å²) in [6.07, 6.45) is 0. The number of benzene rings is 10. The van der Waals surface area contributed by atoms with E-state index in [4.69, 9.17) is 9.97 Å². The summed E-state index contributed by atoms with van der Waals surface area (Å²) in [6, 6.07) is 74.8. The molecule has 1 aliphatic rings. The Balaban J connectivity index is 1.04. The molecule has 0 saturated heterocycles. The summed E-state index contributed by atoms with van der Waals surface area (Å²) in [6.45, 7) is 0. The number of rotatable bonds is 4. The van der Waals surface area contributed by atoms with Crippen LogP contribution in [0.3, 0.4) is 0 Å². The second-order valence-corrected chi connectivity index (χ2v) is 17.5. The van der Waals surface area contributed by atoms with Crippen molar-refractivity contribution >= 4 is 103 Å². The van der Waals surface area contributed by atoms with E-state index in [1.54, 1.807) is 11.3 Å². The average Bonchev–Trinajstić information content (AvgIpc) is 3.90. The summed E-state index contributed by atoms with van der Waals surface area (Å²) in [7, 11) is 0. The Bertz CT molecular complexity index is 4040. The van der Waals surface area contributed by atoms with Crippen molar-refractivity contribution in [3.8, 4) is 39.5 Å². The third-order valence-corrected chi connectivity index (χ3v) is 14.3. The third kappa shape index (κ3) is 4.97. The summed E-state index contributed by atoms with van der Waals surface area (Å²) in [5, 5.41) is 10.7. The van der Waals surface area contributed by atoms with Gasteiger partial charge in [0.1, 0.15) is 0 Å². The first-order chi connectivity index (χ1) is 31.3. The van der Waals surface area contributed by atoms with Gasteiger partial charge in [-0.15, -0.1) is 11.3 Å². The van der Waals surface area contributed by atoms with Crippen LogP contribution >= 0.6 is 11.3 Å². The number of nitrogens with zero attached hydrogens (tertiary/aromatic N) is 4. The Morgan fingerprint density at radius 1 is 0.381 bits per heavy atom. The molecule has 0 fully saturated rings. The molecule has 0 spiro atoms. The molecule has 0 bridgehead atoms. The van der Waals surface area contributed by atoms with Crippen molar-refractivity contribution in [1.29, 1.82) is 0 Å². The maximum absolute atomic E-state index is 5.68. The SMILES string of the molecule is c1ccc(-n2c3ccccc3c3c(-c4nc(-c5ccc(N6c7cc8ccccc8cc7-c7cccc8cccc6c78)c6ccccc56)nc5c4sc4ccccc45)cccc32)cc1. The fourth-order valence-electron chi connectivity index (χ4n) is 10.4. The topological polar surface area (TPSA) is 34.0 Å². The first-order valence-electron chi connectivity index (χ1n) is 21.4. The lowest BCUT2D eigenvalue weighted by Gasteiger charge is -2.34. The van der Waals surface area contributed by atoms with E-state index >= 15 is 0 Å². The molecule has 0 radical (unpaired) electrons. The number of para-hydroxylation sites is 2. The molecule has 292 valence electrons. The van der Waals surface area contributed by atoms with Gasteiger partial charge in [-0.3, -0.25) is 0 Å². The van der Waals surface area contributed by atoms with Crippen LogP contribution < -0.4 is 4.90 Å². The molecule has 1 aliphatic heterocycles. The van der Waals surface area contributed by atoms with Gasteiger partial charge >= 0.3 is 0 Å². The Morgan fingerprint density at radius 2 is 1.05 bits per heavy atom. The van der Waals surface area contributed by atoms with Crippen LogP contribution in [0.1, 0.15) is 0 Å². The molecule has 0 saturated carbocycles. The zero-order chi connectivity index (χ0) is 41.2. The minimum Gasteiger partial charge on any atom is -0.309 e. The van der Waals surface area contributed by atoms with Gasteiger partial charge in [0, 0.05) is 54.0 Å². The van der Waals surface area contributed by atoms with Crippen molar-refractivity contribution in [2.75, 3.05) is 4.90 Å². The Morgan fingerprint density at radius 3 is 1.92 bits per heavy atom. The van der Waals surface area contributed by atoms with Gasteiger partial charge in [-0.1, -0.05) is 146 Å². The molecule has 0 unspecified atom stereocenters. The third-order valence-electron chi connectivity index (χ3n) is 13.1. The molecule has 5 heteroatoms. The average molecular weight is 819 g/mol. The summed E-state index contributed by atoms with van der Waals surface area (Å²) < 4.78 is 4.67. The molecule has 0 atom stereocenters. The maximum atomic E-state index is 5.68. The van der Waals surface area contributed by atoms with Gasteiger partial charge in [-0.25, -0.2) is 9.97 Å². The molecule has 4 heterocycles. The van der Waals surface area contributed by atoms with Crippen LogP contribution in [-0.4, -0.2) is 14.5 Å². The fraction of sp³-hybridized carbons (Fsp3) is 0. The normalized spacial score (nSPS) is 12.4. The summed E-state index contributed by atoms with van der Waals surface area (Å²) in [5.74, 6) is 0.713. The lowest BCUT2D eigenvalue weighted by Crippen LogP contribution is -2.15. The first-order valence-corrected chi connectivity index (χ1v) is 22.2. The molecule has 0 N–H and O–H groups in total. The number of hydrogen-bond donors (Lipinski definition) is 0. The molecule has 63 heavy (non-hydrogen) atoms. The molecular weight excluding hydrogens is 785 g/mol. The van der Waals surface area contributed by atoms with Gasteiger partial charge in [0.15, 0.2) is 5.82 Å². The van der Waals surface area contributed by atoms with E-state index in [0.717, 1.165) is 60.1 Å². The molecule has 14 rings (SSSR count). The fourth-order valence-corrected chi connectivity index (χ4v) is 11.5. The largest absolute Gasteiger partial charge is 0.309 e. The zero-order valence-electron chi connectivity index (χ0n) is 33.8. The van der Waals surface area contributed by atoms with Crippen LogP contribution in [-0.2, 0) is 0 Å². The standard InChI is InChI=1S/C58H34N4S/c1-2-19-38(20-3-1)61-47-27-10-8-23-43(47)54-45(26-14-29-50(54)61)56-57-55(44-24-9-11-30-52(44)63-57)59-58(60-56)42-31-32-48(40-22-7-6-21-39(40)42)62-49-28-13-18-35-17-12-25-41(53(35)49)46-33-36-15-4-5-16-37(36)34-51(46)62/h1-34H. The van der Waals surface area contributed by atoms with Gasteiger partial charge < -0.3 is 9.47 Å². The predicted molar refractivity (Wildman–Crippen MR) is 266 cm³/mol. The van der Waals surface area contributed by atoms with Gasteiger partial charge in [0.05, 0.1) is 44.0 Å². The van der Waals surface area contributed by atoms with E-state index in [1.165, 1.54) is 65.0 Å². The van der Waals surface area contributed by atoms with E-state index in [0.29, 0.717) is 5.82 Å². The van der Waals surface area contributed by atoms with Crippen molar-refractivity contribution in [2.24, 2.45) is 0 Å². The zero-order valence-corrected chi connectivity index (χ0v) is 34.6. The van der Waals surface area contributed by atoms with Crippen LogP contribution in [0, 0.1) is 0 Å². The second-order valence-electron chi connectivity index (χ2n) is 16.5. The molecule has 3 aromatic heterocycles. The Kier molecular flexibility index (Phi) is 7.24. The van der Waals surface area contributed by atoms with E-state index < -0.39 is 0 Å². The number of aromatic nitrogens is 3. The number of fused-ring (bicyclic) bond motifs is 10. The van der Waals surface area contributed by atoms with Gasteiger partial charge in [-0.2, -0.15) is 0 Å².